The summed E-state index contributed by atoms with van der Waals surface area (Å²) in [7, 11) is 2.56. The molecule has 2 saturated heterocycles. The monoisotopic (exact) mass is 1030 g/mol. The van der Waals surface area contributed by atoms with Gasteiger partial charge in [0, 0.05) is 64.5 Å². The lowest BCUT2D eigenvalue weighted by atomic mass is 9.80. The summed E-state index contributed by atoms with van der Waals surface area (Å²) in [6.45, 7) is 22.1. The molecule has 410 valence electrons. The van der Waals surface area contributed by atoms with Crippen molar-refractivity contribution in [2.24, 2.45) is 35.3 Å². The van der Waals surface area contributed by atoms with Crippen LogP contribution in [0.4, 0.5) is 0 Å². The molecule has 4 rings (SSSR count). The number of hydrogen-bond donors (Lipinski definition) is 4. The molecule has 2 unspecified atom stereocenters. The number of fused-ring (bicyclic) bond motifs is 3. The van der Waals surface area contributed by atoms with Crippen molar-refractivity contribution in [3.63, 3.8) is 0 Å². The first-order chi connectivity index (χ1) is 33.7. The van der Waals surface area contributed by atoms with Crippen molar-refractivity contribution in [1.29, 1.82) is 0 Å². The zero-order valence-electron chi connectivity index (χ0n) is 46.3. The number of aliphatic hydroxyl groups is 3. The quantitative estimate of drug-likeness (QED) is 0.104. The van der Waals surface area contributed by atoms with Gasteiger partial charge in [-0.05, 0) is 113 Å². The number of ketones is 3. The van der Waals surface area contributed by atoms with E-state index < -0.39 is 92.4 Å². The van der Waals surface area contributed by atoms with Crippen LogP contribution in [0.3, 0.4) is 0 Å². The number of Topliss-reactive ketones (excluding diaryl/α,β-unsaturated/α-hetero) is 3. The van der Waals surface area contributed by atoms with E-state index in [0.717, 1.165) is 18.4 Å². The molecule has 3 aliphatic heterocycles. The van der Waals surface area contributed by atoms with Crippen LogP contribution in [0, 0.1) is 29.6 Å². The number of hydrogen-bond acceptors (Lipinski definition) is 15. The Bertz CT molecular complexity index is 1930. The Morgan fingerprint density at radius 2 is 1.56 bits per heavy atom. The highest BCUT2D eigenvalue weighted by Crippen LogP contribution is 2.42. The highest BCUT2D eigenvalue weighted by Gasteiger charge is 2.53. The summed E-state index contributed by atoms with van der Waals surface area (Å²) in [4.78, 5) is 58.4. The topological polar surface area (TPSA) is 214 Å². The molecular formula is C56H94N2O13Si. The SMILES string of the molecule is CO[C@H]1C[C@@H]2CC[C@@H](C)[C@@](O)(O2)C(=O)C(O)N2CCCC[C@H]2C(=O)O[C@H]([C@H](N)C[C@@H]2CCC(O[Si](C)(C)C(C)(C)C)[C@H](OC)C2)CC(=O)[C@H](C)/C=C(\C)[C@@H](O)[C@@H](OC)C(=O)[C@H](C)C[C@H](C)/C=C/C=CC=C1C. The molecule has 3 fully saturated rings. The molecule has 72 heavy (non-hydrogen) atoms. The minimum atomic E-state index is -2.35. The Labute approximate surface area is 432 Å². The van der Waals surface area contributed by atoms with Crippen molar-refractivity contribution in [2.45, 2.75) is 224 Å². The Balaban J connectivity index is 1.70. The third-order valence-electron chi connectivity index (χ3n) is 16.6. The van der Waals surface area contributed by atoms with Gasteiger partial charge in [-0.15, -0.1) is 0 Å². The van der Waals surface area contributed by atoms with E-state index in [4.69, 9.17) is 33.8 Å². The number of nitrogens with zero attached hydrogens (tertiary/aromatic N) is 1. The second-order valence-electron chi connectivity index (χ2n) is 23.3. The van der Waals surface area contributed by atoms with E-state index >= 15 is 0 Å². The second-order valence-corrected chi connectivity index (χ2v) is 28.0. The summed E-state index contributed by atoms with van der Waals surface area (Å²) < 4.78 is 36.9. The maximum absolute atomic E-state index is 14.6. The van der Waals surface area contributed by atoms with E-state index in [1.807, 2.05) is 51.2 Å². The number of nitrogens with two attached hydrogens (primary N) is 1. The van der Waals surface area contributed by atoms with Crippen LogP contribution in [0.25, 0.3) is 0 Å². The van der Waals surface area contributed by atoms with E-state index in [9.17, 15) is 34.5 Å². The number of carbonyl (C=O) groups is 4. The molecule has 0 amide bonds. The fourth-order valence-electron chi connectivity index (χ4n) is 10.7. The number of allylic oxidation sites excluding steroid dienone is 6. The van der Waals surface area contributed by atoms with Crippen molar-refractivity contribution < 1.29 is 62.6 Å². The molecule has 0 aromatic carbocycles. The first-order valence-corrected chi connectivity index (χ1v) is 29.6. The van der Waals surface area contributed by atoms with Crippen LogP contribution in [-0.4, -0.2) is 147 Å². The Morgan fingerprint density at radius 1 is 0.861 bits per heavy atom. The molecule has 16 heteroatoms. The van der Waals surface area contributed by atoms with Crippen molar-refractivity contribution in [1.82, 2.24) is 4.90 Å². The molecule has 1 saturated carbocycles. The van der Waals surface area contributed by atoms with Gasteiger partial charge in [0.15, 0.2) is 20.3 Å². The zero-order chi connectivity index (χ0) is 53.9. The van der Waals surface area contributed by atoms with Gasteiger partial charge in [-0.3, -0.25) is 24.1 Å². The average Bonchev–Trinajstić information content (AvgIpc) is 3.32. The lowest BCUT2D eigenvalue weighted by molar-refractivity contribution is -0.275. The molecule has 0 radical (unpaired) electrons. The van der Waals surface area contributed by atoms with E-state index in [1.54, 1.807) is 41.1 Å². The molecule has 0 spiro atoms. The van der Waals surface area contributed by atoms with Crippen molar-refractivity contribution >= 4 is 31.6 Å². The number of piperidine rings is 1. The molecule has 0 aromatic heterocycles. The van der Waals surface area contributed by atoms with Crippen molar-refractivity contribution in [3.8, 4) is 0 Å². The normalized spacial score (nSPS) is 38.2. The zero-order valence-corrected chi connectivity index (χ0v) is 47.3. The number of aliphatic hydroxyl groups excluding tert-OH is 2. The molecule has 16 atom stereocenters. The van der Waals surface area contributed by atoms with Crippen LogP contribution >= 0.6 is 0 Å². The minimum Gasteiger partial charge on any atom is -0.459 e. The largest absolute Gasteiger partial charge is 0.459 e. The number of cyclic esters (lactones) is 1. The Hall–Kier alpha value is -2.74. The lowest BCUT2D eigenvalue weighted by Gasteiger charge is -2.45. The number of ether oxygens (including phenoxy) is 5. The summed E-state index contributed by atoms with van der Waals surface area (Å²) in [6, 6.07) is -1.88. The number of methoxy groups -OCH3 is 3. The smallest absolute Gasteiger partial charge is 0.323 e. The first kappa shape index (κ1) is 61.8. The molecule has 15 nitrogen and oxygen atoms in total. The number of rotatable bonds is 8. The van der Waals surface area contributed by atoms with Gasteiger partial charge in [0.2, 0.25) is 11.6 Å². The molecule has 3 heterocycles. The van der Waals surface area contributed by atoms with E-state index in [0.29, 0.717) is 56.9 Å². The molecule has 4 aliphatic rings. The molecule has 0 aromatic rings. The highest BCUT2D eigenvalue weighted by atomic mass is 28.4. The molecular weight excluding hydrogens is 937 g/mol. The summed E-state index contributed by atoms with van der Waals surface area (Å²) in [5.41, 5.74) is 8.32. The maximum atomic E-state index is 14.6. The van der Waals surface area contributed by atoms with Gasteiger partial charge < -0.3 is 49.2 Å². The van der Waals surface area contributed by atoms with Crippen LogP contribution in [0.5, 0.6) is 0 Å². The van der Waals surface area contributed by atoms with Gasteiger partial charge in [-0.2, -0.15) is 0 Å². The molecule has 1 aliphatic carbocycles. The van der Waals surface area contributed by atoms with Gasteiger partial charge in [0.1, 0.15) is 30.1 Å². The molecule has 2 bridgehead atoms. The number of carbonyl (C=O) groups excluding carboxylic acids is 4. The maximum Gasteiger partial charge on any atom is 0.323 e. The number of esters is 1. The molecule has 5 N–H and O–H groups in total. The summed E-state index contributed by atoms with van der Waals surface area (Å²) in [6.07, 6.45) is 10.1. The van der Waals surface area contributed by atoms with Crippen molar-refractivity contribution in [3.05, 3.63) is 47.6 Å². The second kappa shape index (κ2) is 27.3. The van der Waals surface area contributed by atoms with Crippen LogP contribution in [0.1, 0.15) is 139 Å². The highest BCUT2D eigenvalue weighted by molar-refractivity contribution is 6.74. The lowest BCUT2D eigenvalue weighted by Crippen LogP contribution is -2.62. The van der Waals surface area contributed by atoms with Gasteiger partial charge >= 0.3 is 5.97 Å². The third-order valence-corrected chi connectivity index (χ3v) is 21.1. The predicted octanol–water partition coefficient (Wildman–Crippen LogP) is 7.69. The third kappa shape index (κ3) is 16.1. The fraction of sp³-hybridized carbons (Fsp3) is 0.786. The van der Waals surface area contributed by atoms with Gasteiger partial charge in [0.05, 0.1) is 24.4 Å². The Kier molecular flexibility index (Phi) is 23.5. The fourth-order valence-corrected chi connectivity index (χ4v) is 12.1. The summed E-state index contributed by atoms with van der Waals surface area (Å²) >= 11 is 0. The van der Waals surface area contributed by atoms with Crippen LogP contribution in [0.15, 0.2) is 47.6 Å². The van der Waals surface area contributed by atoms with E-state index in [2.05, 4.69) is 33.9 Å². The van der Waals surface area contributed by atoms with Crippen LogP contribution < -0.4 is 5.73 Å². The van der Waals surface area contributed by atoms with Crippen molar-refractivity contribution in [2.75, 3.05) is 27.9 Å². The van der Waals surface area contributed by atoms with E-state index in [1.165, 1.54) is 12.0 Å². The van der Waals surface area contributed by atoms with Gasteiger partial charge in [-0.25, -0.2) is 0 Å². The average molecular weight is 1030 g/mol. The van der Waals surface area contributed by atoms with Crippen LogP contribution in [0.2, 0.25) is 18.1 Å². The predicted molar refractivity (Wildman–Crippen MR) is 281 cm³/mol. The van der Waals surface area contributed by atoms with Gasteiger partial charge in [0.25, 0.3) is 0 Å². The van der Waals surface area contributed by atoms with Crippen LogP contribution in [-0.2, 0) is 47.3 Å². The summed E-state index contributed by atoms with van der Waals surface area (Å²) in [5.74, 6) is -6.41. The van der Waals surface area contributed by atoms with Gasteiger partial charge in [-0.1, -0.05) is 91.3 Å². The standard InChI is InChI=1S/C56H94N2O13Si/c1-34-20-16-15-17-21-35(2)46(66-10)32-41-25-23-39(6)56(65,70-41)52(62)53(63)58-27-19-18-22-43(58)54(64)69-47(33-44(59)36(3)29-38(5)50(61)51(68-12)49(60)37(4)28-34)42(57)30-40-24-26-45(48(31-40)67-11)71-72(13,14)55(7,8)9/h15-17,20-21,29,34,36-37,39-43,45-48,50-51,53,61,63,65H,18-19,22-28,30-33,57H2,1-14H3/b17-15?,20-16+,35-21?,38-29+/t34-,36-,37-,39-,40+,41+,42-,43+,45?,46+,47+,48-,50-,51+,53?,56-/m1/s1. The minimum absolute atomic E-state index is 0.0168. The van der Waals surface area contributed by atoms with E-state index in [-0.39, 0.29) is 60.0 Å². The summed E-state index contributed by atoms with van der Waals surface area (Å²) in [5, 5.41) is 35.5. The Morgan fingerprint density at radius 3 is 2.19 bits per heavy atom. The first-order valence-electron chi connectivity index (χ1n) is 26.7.